The predicted octanol–water partition coefficient (Wildman–Crippen LogP) is 6.10. The second-order valence-corrected chi connectivity index (χ2v) is 11.1. The molecule has 0 N–H and O–H groups in total. The lowest BCUT2D eigenvalue weighted by atomic mass is 9.77. The lowest BCUT2D eigenvalue weighted by Crippen LogP contribution is -2.51. The quantitative estimate of drug-likeness (QED) is 0.549. The first kappa shape index (κ1) is 21.9. The van der Waals surface area contributed by atoms with E-state index >= 15 is 0 Å². The molecule has 0 aromatic heterocycles. The van der Waals surface area contributed by atoms with Crippen molar-refractivity contribution < 1.29 is 14.3 Å². The summed E-state index contributed by atoms with van der Waals surface area (Å²) >= 11 is 7.65. The van der Waals surface area contributed by atoms with E-state index in [1.165, 1.54) is 11.8 Å². The first-order chi connectivity index (χ1) is 13.5. The molecule has 154 valence electrons. The van der Waals surface area contributed by atoms with Crippen LogP contribution in [0.1, 0.15) is 51.7 Å². The standard InChI is InChI=1S/C24H27ClO3S/c1-7-14-12-15(18-13-16(25)9-11-19(18)28-6)8-10-17(14)20-21(26)23(2,3)29-24(4,5)22(20)27/h8-13,20H,7H2,1-6H3. The van der Waals surface area contributed by atoms with Crippen LogP contribution in [0.5, 0.6) is 5.75 Å². The third-order valence-corrected chi connectivity index (χ3v) is 7.19. The van der Waals surface area contributed by atoms with Crippen molar-refractivity contribution in [3.8, 4) is 16.9 Å². The van der Waals surface area contributed by atoms with Gasteiger partial charge in [-0.05, 0) is 69.0 Å². The highest BCUT2D eigenvalue weighted by Crippen LogP contribution is 2.49. The Morgan fingerprint density at radius 2 is 1.62 bits per heavy atom. The highest BCUT2D eigenvalue weighted by molar-refractivity contribution is 8.03. The number of thioether (sulfide) groups is 1. The molecule has 1 saturated heterocycles. The zero-order valence-electron chi connectivity index (χ0n) is 17.8. The third kappa shape index (κ3) is 3.97. The molecule has 0 saturated carbocycles. The number of methoxy groups -OCH3 is 1. The fourth-order valence-corrected chi connectivity index (χ4v) is 5.99. The maximum Gasteiger partial charge on any atom is 0.163 e. The van der Waals surface area contributed by atoms with Crippen LogP contribution in [0, 0.1) is 0 Å². The third-order valence-electron chi connectivity index (χ3n) is 5.53. The number of rotatable bonds is 4. The highest BCUT2D eigenvalue weighted by atomic mass is 35.5. The Morgan fingerprint density at radius 1 is 1.00 bits per heavy atom. The number of hydrogen-bond acceptors (Lipinski definition) is 4. The van der Waals surface area contributed by atoms with Crippen LogP contribution in [0.15, 0.2) is 36.4 Å². The summed E-state index contributed by atoms with van der Waals surface area (Å²) in [6.45, 7) is 9.70. The molecule has 0 amide bonds. The normalized spacial score (nSPS) is 18.7. The van der Waals surface area contributed by atoms with Crippen LogP contribution in [-0.2, 0) is 16.0 Å². The maximum atomic E-state index is 13.2. The molecule has 2 aromatic rings. The maximum absolute atomic E-state index is 13.2. The molecule has 0 bridgehead atoms. The number of ketones is 2. The Hall–Kier alpha value is -1.78. The number of carbonyl (C=O) groups is 2. The van der Waals surface area contributed by atoms with Gasteiger partial charge in [-0.3, -0.25) is 9.59 Å². The van der Waals surface area contributed by atoms with E-state index in [0.29, 0.717) is 5.02 Å². The zero-order valence-corrected chi connectivity index (χ0v) is 19.3. The van der Waals surface area contributed by atoms with Crippen LogP contribution in [-0.4, -0.2) is 28.2 Å². The predicted molar refractivity (Wildman–Crippen MR) is 121 cm³/mol. The van der Waals surface area contributed by atoms with Crippen LogP contribution < -0.4 is 4.74 Å². The van der Waals surface area contributed by atoms with E-state index in [0.717, 1.165) is 34.4 Å². The van der Waals surface area contributed by atoms with Crippen molar-refractivity contribution in [2.75, 3.05) is 7.11 Å². The molecule has 0 unspecified atom stereocenters. The largest absolute Gasteiger partial charge is 0.496 e. The fourth-order valence-electron chi connectivity index (χ4n) is 4.10. The van der Waals surface area contributed by atoms with E-state index in [-0.39, 0.29) is 11.6 Å². The SMILES string of the molecule is CCc1cc(-c2cc(Cl)ccc2OC)ccc1C1C(=O)C(C)(C)SC(C)(C)C1=O. The number of benzene rings is 2. The van der Waals surface area contributed by atoms with Crippen molar-refractivity contribution in [1.82, 2.24) is 0 Å². The van der Waals surface area contributed by atoms with Crippen LogP contribution >= 0.6 is 23.4 Å². The first-order valence-electron chi connectivity index (χ1n) is 9.77. The summed E-state index contributed by atoms with van der Waals surface area (Å²) in [6.07, 6.45) is 0.719. The summed E-state index contributed by atoms with van der Waals surface area (Å²) in [5.74, 6) is -0.0385. The Labute approximate surface area is 182 Å². The van der Waals surface area contributed by atoms with Crippen LogP contribution in [0.3, 0.4) is 0 Å². The van der Waals surface area contributed by atoms with E-state index in [2.05, 4.69) is 0 Å². The summed E-state index contributed by atoms with van der Waals surface area (Å²) < 4.78 is 4.28. The molecule has 29 heavy (non-hydrogen) atoms. The van der Waals surface area contributed by atoms with E-state index in [1.54, 1.807) is 13.2 Å². The second-order valence-electron chi connectivity index (χ2n) is 8.40. The van der Waals surface area contributed by atoms with Crippen molar-refractivity contribution in [3.05, 3.63) is 52.5 Å². The number of halogens is 1. The van der Waals surface area contributed by atoms with E-state index < -0.39 is 15.4 Å². The number of Topliss-reactive ketones (excluding diaryl/α,β-unsaturated/α-hetero) is 2. The molecule has 0 atom stereocenters. The number of hydrogen-bond donors (Lipinski definition) is 0. The van der Waals surface area contributed by atoms with Crippen molar-refractivity contribution in [2.45, 2.75) is 56.5 Å². The summed E-state index contributed by atoms with van der Waals surface area (Å²) in [4.78, 5) is 26.5. The Morgan fingerprint density at radius 3 is 2.17 bits per heavy atom. The lowest BCUT2D eigenvalue weighted by Gasteiger charge is -2.42. The van der Waals surface area contributed by atoms with Gasteiger partial charge in [0, 0.05) is 10.6 Å². The van der Waals surface area contributed by atoms with Gasteiger partial charge in [-0.15, -0.1) is 11.8 Å². The zero-order chi connectivity index (χ0) is 21.6. The molecular weight excluding hydrogens is 404 g/mol. The van der Waals surface area contributed by atoms with E-state index in [1.807, 2.05) is 65.0 Å². The van der Waals surface area contributed by atoms with Gasteiger partial charge in [0.25, 0.3) is 0 Å². The Balaban J connectivity index is 2.14. The average Bonchev–Trinajstić information content (AvgIpc) is 2.66. The summed E-state index contributed by atoms with van der Waals surface area (Å²) in [5, 5.41) is 0.626. The van der Waals surface area contributed by atoms with Gasteiger partial charge in [-0.25, -0.2) is 0 Å². The van der Waals surface area contributed by atoms with Gasteiger partial charge in [0.2, 0.25) is 0 Å². The smallest absolute Gasteiger partial charge is 0.163 e. The minimum absolute atomic E-state index is 0.0189. The van der Waals surface area contributed by atoms with Crippen LogP contribution in [0.4, 0.5) is 0 Å². The minimum Gasteiger partial charge on any atom is -0.496 e. The topological polar surface area (TPSA) is 43.4 Å². The molecular formula is C24H27ClO3S. The van der Waals surface area contributed by atoms with Crippen molar-refractivity contribution in [2.24, 2.45) is 0 Å². The van der Waals surface area contributed by atoms with E-state index in [4.69, 9.17) is 16.3 Å². The van der Waals surface area contributed by atoms with Crippen LogP contribution in [0.2, 0.25) is 5.02 Å². The number of aryl methyl sites for hydroxylation is 1. The molecule has 0 aliphatic carbocycles. The van der Waals surface area contributed by atoms with Gasteiger partial charge in [0.15, 0.2) is 11.6 Å². The number of carbonyl (C=O) groups excluding carboxylic acids is 2. The second kappa shape index (κ2) is 7.81. The van der Waals surface area contributed by atoms with Crippen molar-refractivity contribution in [3.63, 3.8) is 0 Å². The van der Waals surface area contributed by atoms with Gasteiger partial charge in [-0.2, -0.15) is 0 Å². The first-order valence-corrected chi connectivity index (χ1v) is 11.0. The van der Waals surface area contributed by atoms with E-state index in [9.17, 15) is 9.59 Å². The average molecular weight is 431 g/mol. The minimum atomic E-state index is -0.730. The molecule has 1 heterocycles. The van der Waals surface area contributed by atoms with Gasteiger partial charge in [-0.1, -0.05) is 36.7 Å². The monoisotopic (exact) mass is 430 g/mol. The molecule has 1 aliphatic heterocycles. The molecule has 1 aliphatic rings. The van der Waals surface area contributed by atoms with Gasteiger partial charge in [0.05, 0.1) is 16.6 Å². The summed E-state index contributed by atoms with van der Waals surface area (Å²) in [6, 6.07) is 11.4. The van der Waals surface area contributed by atoms with Crippen molar-refractivity contribution in [1.29, 1.82) is 0 Å². The number of ether oxygens (including phenoxy) is 1. The Bertz CT molecular complexity index is 952. The van der Waals surface area contributed by atoms with Gasteiger partial charge >= 0.3 is 0 Å². The van der Waals surface area contributed by atoms with Gasteiger partial charge in [0.1, 0.15) is 11.7 Å². The lowest BCUT2D eigenvalue weighted by molar-refractivity contribution is -0.132. The molecule has 3 nitrogen and oxygen atoms in total. The molecule has 2 aromatic carbocycles. The molecule has 1 fully saturated rings. The van der Waals surface area contributed by atoms with Crippen LogP contribution in [0.25, 0.3) is 11.1 Å². The molecule has 0 radical (unpaired) electrons. The Kier molecular flexibility index (Phi) is 5.90. The molecule has 5 heteroatoms. The van der Waals surface area contributed by atoms with Gasteiger partial charge < -0.3 is 4.74 Å². The highest BCUT2D eigenvalue weighted by Gasteiger charge is 2.52. The summed E-state index contributed by atoms with van der Waals surface area (Å²) in [7, 11) is 1.63. The summed E-state index contributed by atoms with van der Waals surface area (Å²) in [5.41, 5.74) is 3.65. The molecule has 0 spiro atoms. The van der Waals surface area contributed by atoms with Crippen molar-refractivity contribution >= 4 is 34.9 Å². The molecule has 3 rings (SSSR count). The fraction of sp³-hybridized carbons (Fsp3) is 0.417.